The van der Waals surface area contributed by atoms with Crippen LogP contribution in [0.15, 0.2) is 67.3 Å². The number of halogens is 1. The molecule has 0 radical (unpaired) electrons. The summed E-state index contributed by atoms with van der Waals surface area (Å²) in [5.41, 5.74) is 6.34. The van der Waals surface area contributed by atoms with E-state index in [2.05, 4.69) is 35.5 Å². The van der Waals surface area contributed by atoms with Crippen molar-refractivity contribution in [3.8, 4) is 39.4 Å². The van der Waals surface area contributed by atoms with E-state index in [1.165, 1.54) is 19.2 Å². The number of fused-ring (bicyclic) bond motifs is 2. The number of amides is 1. The van der Waals surface area contributed by atoms with E-state index in [-0.39, 0.29) is 18.3 Å². The van der Waals surface area contributed by atoms with Crippen molar-refractivity contribution >= 4 is 33.7 Å². The Morgan fingerprint density at radius 2 is 1.82 bits per heavy atom. The lowest BCUT2D eigenvalue weighted by molar-refractivity contribution is -0.116. The Kier molecular flexibility index (Phi) is 6.40. The molecule has 11 heteroatoms. The zero-order valence-electron chi connectivity index (χ0n) is 22.0. The minimum Gasteiger partial charge on any atom is -0.497 e. The van der Waals surface area contributed by atoms with E-state index in [1.54, 1.807) is 35.8 Å². The zero-order chi connectivity index (χ0) is 27.8. The molecule has 0 atom stereocenters. The molecule has 0 aliphatic heterocycles. The predicted molar refractivity (Wildman–Crippen MR) is 151 cm³/mol. The molecule has 0 saturated carbocycles. The molecule has 6 rings (SSSR count). The first-order valence-electron chi connectivity index (χ1n) is 12.4. The number of anilines is 1. The van der Waals surface area contributed by atoms with Gasteiger partial charge in [-0.25, -0.2) is 14.4 Å². The molecule has 1 amide bonds. The molecule has 0 unspecified atom stereocenters. The summed E-state index contributed by atoms with van der Waals surface area (Å²) >= 11 is 0. The van der Waals surface area contributed by atoms with Gasteiger partial charge in [0, 0.05) is 46.6 Å². The zero-order valence-corrected chi connectivity index (χ0v) is 22.0. The Morgan fingerprint density at radius 1 is 0.975 bits per heavy atom. The van der Waals surface area contributed by atoms with Gasteiger partial charge in [-0.1, -0.05) is 0 Å². The number of hydrogen-bond acceptors (Lipinski definition) is 7. The van der Waals surface area contributed by atoms with Gasteiger partial charge in [0.25, 0.3) is 0 Å². The second kappa shape index (κ2) is 10.2. The van der Waals surface area contributed by atoms with Crippen LogP contribution in [0.2, 0.25) is 0 Å². The van der Waals surface area contributed by atoms with Gasteiger partial charge in [0.1, 0.15) is 22.9 Å². The highest BCUT2D eigenvalue weighted by Crippen LogP contribution is 2.35. The topological polar surface area (TPSA) is 125 Å². The first-order chi connectivity index (χ1) is 19.4. The number of aromatic nitrogens is 6. The molecule has 1 aromatic carbocycles. The molecule has 0 spiro atoms. The second-order valence-electron chi connectivity index (χ2n) is 9.62. The number of carbonyl (C=O) groups excluding carboxylic acids is 1. The maximum Gasteiger partial charge on any atom is 0.238 e. The van der Waals surface area contributed by atoms with Crippen LogP contribution < -0.4 is 10.1 Å². The number of methoxy groups -OCH3 is 1. The molecular formula is C29H25FN8O2. The van der Waals surface area contributed by atoms with Crippen molar-refractivity contribution in [2.75, 3.05) is 33.1 Å². The van der Waals surface area contributed by atoms with E-state index in [1.807, 2.05) is 38.4 Å². The van der Waals surface area contributed by atoms with Crippen molar-refractivity contribution in [2.24, 2.45) is 0 Å². The molecule has 0 aliphatic carbocycles. The average molecular weight is 537 g/mol. The molecule has 10 nitrogen and oxygen atoms in total. The summed E-state index contributed by atoms with van der Waals surface area (Å²) in [4.78, 5) is 30.7. The number of aromatic amines is 2. The fraction of sp³-hybridized carbons (Fsp3) is 0.138. The van der Waals surface area contributed by atoms with Crippen LogP contribution in [0.1, 0.15) is 0 Å². The van der Waals surface area contributed by atoms with E-state index >= 15 is 0 Å². The number of H-pyrrole nitrogens is 2. The number of hydrogen-bond donors (Lipinski definition) is 3. The third kappa shape index (κ3) is 4.85. The van der Waals surface area contributed by atoms with Gasteiger partial charge in [-0.3, -0.25) is 14.9 Å². The normalized spacial score (nSPS) is 11.4. The molecule has 0 bridgehead atoms. The maximum atomic E-state index is 14.3. The van der Waals surface area contributed by atoms with Gasteiger partial charge in [-0.15, -0.1) is 0 Å². The number of rotatable bonds is 7. The highest BCUT2D eigenvalue weighted by atomic mass is 19.1. The first-order valence-corrected chi connectivity index (χ1v) is 12.4. The molecule has 6 aromatic rings. The highest BCUT2D eigenvalue weighted by Gasteiger charge is 2.16. The minimum atomic E-state index is -0.386. The van der Waals surface area contributed by atoms with E-state index in [4.69, 9.17) is 4.74 Å². The summed E-state index contributed by atoms with van der Waals surface area (Å²) in [5.74, 6) is -0.0793. The van der Waals surface area contributed by atoms with Gasteiger partial charge in [0.2, 0.25) is 5.91 Å². The number of benzene rings is 1. The molecule has 0 fully saturated rings. The first kappa shape index (κ1) is 25.1. The molecule has 3 N–H and O–H groups in total. The number of likely N-dealkylation sites (N-methyl/N-ethyl adjacent to an activating group) is 1. The lowest BCUT2D eigenvalue weighted by Crippen LogP contribution is -2.27. The van der Waals surface area contributed by atoms with Crippen LogP contribution in [-0.4, -0.2) is 68.7 Å². The molecule has 5 aromatic heterocycles. The van der Waals surface area contributed by atoms with E-state index in [0.717, 1.165) is 33.2 Å². The van der Waals surface area contributed by atoms with Crippen molar-refractivity contribution in [1.29, 1.82) is 0 Å². The third-order valence-corrected chi connectivity index (χ3v) is 6.44. The number of ether oxygens (including phenoxy) is 1. The van der Waals surface area contributed by atoms with Crippen molar-refractivity contribution in [2.45, 2.75) is 0 Å². The van der Waals surface area contributed by atoms with Crippen LogP contribution >= 0.6 is 0 Å². The van der Waals surface area contributed by atoms with Gasteiger partial charge < -0.3 is 19.9 Å². The van der Waals surface area contributed by atoms with Gasteiger partial charge in [-0.2, -0.15) is 5.10 Å². The fourth-order valence-electron chi connectivity index (χ4n) is 4.66. The van der Waals surface area contributed by atoms with Crippen molar-refractivity contribution in [3.05, 3.63) is 73.1 Å². The van der Waals surface area contributed by atoms with Gasteiger partial charge in [0.15, 0.2) is 5.65 Å². The molecular weight excluding hydrogens is 511 g/mol. The summed E-state index contributed by atoms with van der Waals surface area (Å²) in [5, 5.41) is 12.0. The van der Waals surface area contributed by atoms with E-state index in [0.29, 0.717) is 34.0 Å². The van der Waals surface area contributed by atoms with Gasteiger partial charge in [-0.05, 0) is 61.6 Å². The predicted octanol–water partition coefficient (Wildman–Crippen LogP) is 4.88. The Morgan fingerprint density at radius 3 is 2.65 bits per heavy atom. The van der Waals surface area contributed by atoms with Crippen LogP contribution in [0.25, 0.3) is 55.7 Å². The maximum absolute atomic E-state index is 14.3. The van der Waals surface area contributed by atoms with Crippen molar-refractivity contribution in [3.63, 3.8) is 0 Å². The molecule has 0 saturated heterocycles. The number of carbonyl (C=O) groups is 1. The number of nitrogens with zero attached hydrogens (tertiary/aromatic N) is 5. The molecule has 200 valence electrons. The standard InChI is InChI=1S/C29H25FN8O2/c1-38(2)15-26(39)34-20-7-17(12-31-14-20)18-9-24-27(36-37-29(24)33-13-18)25-11-23-22(4-5-32-28(23)35-25)16-6-19(30)10-21(8-16)40-3/h4-14H,15H2,1-3H3,(H,32,35)(H,34,39)(H,33,36,37). The Bertz CT molecular complexity index is 1880. The summed E-state index contributed by atoms with van der Waals surface area (Å²) in [6.45, 7) is 0.268. The smallest absolute Gasteiger partial charge is 0.238 e. The largest absolute Gasteiger partial charge is 0.497 e. The molecule has 40 heavy (non-hydrogen) atoms. The Balaban J connectivity index is 1.38. The monoisotopic (exact) mass is 536 g/mol. The minimum absolute atomic E-state index is 0.127. The summed E-state index contributed by atoms with van der Waals surface area (Å²) < 4.78 is 19.5. The van der Waals surface area contributed by atoms with Crippen LogP contribution in [0.4, 0.5) is 10.1 Å². The third-order valence-electron chi connectivity index (χ3n) is 6.44. The lowest BCUT2D eigenvalue weighted by Gasteiger charge is -2.10. The highest BCUT2D eigenvalue weighted by molar-refractivity contribution is 6.00. The number of pyridine rings is 3. The summed E-state index contributed by atoms with van der Waals surface area (Å²) in [6, 6.07) is 12.2. The van der Waals surface area contributed by atoms with Crippen LogP contribution in [0.5, 0.6) is 5.75 Å². The van der Waals surface area contributed by atoms with Crippen LogP contribution in [0, 0.1) is 5.82 Å². The summed E-state index contributed by atoms with van der Waals surface area (Å²) in [6.07, 6.45) is 6.73. The molecule has 0 aliphatic rings. The SMILES string of the molecule is COc1cc(F)cc(-c2ccnc3[nH]c(-c4n[nH]c5ncc(-c6cncc(NC(=O)CN(C)C)c6)cc45)cc23)c1. The molecule has 5 heterocycles. The lowest BCUT2D eigenvalue weighted by atomic mass is 10.0. The van der Waals surface area contributed by atoms with Crippen molar-refractivity contribution in [1.82, 2.24) is 35.0 Å². The average Bonchev–Trinajstić information content (AvgIpc) is 3.56. The van der Waals surface area contributed by atoms with E-state index in [9.17, 15) is 9.18 Å². The van der Waals surface area contributed by atoms with Crippen molar-refractivity contribution < 1.29 is 13.9 Å². The van der Waals surface area contributed by atoms with Crippen LogP contribution in [0.3, 0.4) is 0 Å². The second-order valence-corrected chi connectivity index (χ2v) is 9.62. The van der Waals surface area contributed by atoms with Gasteiger partial charge >= 0.3 is 0 Å². The quantitative estimate of drug-likeness (QED) is 0.266. The van der Waals surface area contributed by atoms with E-state index < -0.39 is 0 Å². The summed E-state index contributed by atoms with van der Waals surface area (Å²) in [7, 11) is 5.17. The Labute approximate surface area is 228 Å². The van der Waals surface area contributed by atoms with Crippen LogP contribution in [-0.2, 0) is 4.79 Å². The number of nitrogens with one attached hydrogen (secondary N) is 3. The fourth-order valence-corrected chi connectivity index (χ4v) is 4.66. The Hall–Kier alpha value is -5.16. The van der Waals surface area contributed by atoms with Gasteiger partial charge in [0.05, 0.1) is 31.2 Å².